The number of imide groups is 1. The van der Waals surface area contributed by atoms with Crippen LogP contribution in [0, 0.1) is 5.92 Å². The van der Waals surface area contributed by atoms with Crippen molar-refractivity contribution in [2.75, 3.05) is 19.6 Å². The molecule has 0 bridgehead atoms. The lowest BCUT2D eigenvalue weighted by Crippen LogP contribution is -2.40. The number of hydrogen-bond acceptors (Lipinski definition) is 4. The summed E-state index contributed by atoms with van der Waals surface area (Å²) >= 11 is 0. The lowest BCUT2D eigenvalue weighted by molar-refractivity contribution is -0.123. The smallest absolute Gasteiger partial charge is 0.322 e. The lowest BCUT2D eigenvalue weighted by atomic mass is 9.91. The van der Waals surface area contributed by atoms with E-state index < -0.39 is 17.5 Å². The third kappa shape index (κ3) is 4.34. The molecule has 1 aromatic rings. The van der Waals surface area contributed by atoms with E-state index >= 15 is 0 Å². The molecule has 26 heavy (non-hydrogen) atoms. The van der Waals surface area contributed by atoms with Crippen LogP contribution in [0.3, 0.4) is 0 Å². The number of halogens is 1. The number of carbonyl (C=O) groups is 3. The molecule has 2 aliphatic heterocycles. The molecule has 0 saturated carbocycles. The molecule has 0 spiro atoms. The zero-order chi connectivity index (χ0) is 17.9. The van der Waals surface area contributed by atoms with Gasteiger partial charge in [0.05, 0.1) is 0 Å². The van der Waals surface area contributed by atoms with Crippen LogP contribution in [-0.2, 0) is 10.3 Å². The molecule has 2 unspecified atom stereocenters. The van der Waals surface area contributed by atoms with E-state index in [0.29, 0.717) is 23.6 Å². The summed E-state index contributed by atoms with van der Waals surface area (Å²) in [4.78, 5) is 35.5. The van der Waals surface area contributed by atoms with Gasteiger partial charge in [-0.25, -0.2) is 4.79 Å². The minimum Gasteiger partial charge on any atom is -0.352 e. The Balaban J connectivity index is 0.00000243. The van der Waals surface area contributed by atoms with Gasteiger partial charge in [0.25, 0.3) is 11.8 Å². The van der Waals surface area contributed by atoms with Crippen LogP contribution in [0.4, 0.5) is 4.79 Å². The van der Waals surface area contributed by atoms with Crippen molar-refractivity contribution >= 4 is 30.3 Å². The third-order valence-electron chi connectivity index (χ3n) is 5.01. The van der Waals surface area contributed by atoms with Crippen LogP contribution >= 0.6 is 12.4 Å². The van der Waals surface area contributed by atoms with Crippen LogP contribution in [0.2, 0.25) is 0 Å². The maximum Gasteiger partial charge on any atom is 0.322 e. The molecule has 2 saturated heterocycles. The quantitative estimate of drug-likeness (QED) is 0.578. The van der Waals surface area contributed by atoms with Gasteiger partial charge in [0.1, 0.15) is 5.54 Å². The van der Waals surface area contributed by atoms with Crippen LogP contribution in [0.15, 0.2) is 24.3 Å². The Bertz CT molecular complexity index is 674. The Hall–Kier alpha value is -2.12. The molecule has 2 atom stereocenters. The molecule has 8 heteroatoms. The van der Waals surface area contributed by atoms with Crippen molar-refractivity contribution in [2.24, 2.45) is 5.92 Å². The normalized spacial score (nSPS) is 25.0. The van der Waals surface area contributed by atoms with E-state index in [1.807, 2.05) is 0 Å². The first-order valence-corrected chi connectivity index (χ1v) is 8.72. The van der Waals surface area contributed by atoms with Gasteiger partial charge >= 0.3 is 6.03 Å². The Morgan fingerprint density at radius 3 is 2.58 bits per heavy atom. The summed E-state index contributed by atoms with van der Waals surface area (Å²) < 4.78 is 0. The fourth-order valence-electron chi connectivity index (χ4n) is 3.36. The van der Waals surface area contributed by atoms with E-state index in [4.69, 9.17) is 0 Å². The largest absolute Gasteiger partial charge is 0.352 e. The Kier molecular flexibility index (Phi) is 6.61. The molecule has 2 heterocycles. The average Bonchev–Trinajstić information content (AvgIpc) is 2.89. The molecule has 142 valence electrons. The lowest BCUT2D eigenvalue weighted by Gasteiger charge is -2.22. The van der Waals surface area contributed by atoms with E-state index in [1.165, 1.54) is 12.8 Å². The topological polar surface area (TPSA) is 99.3 Å². The predicted octanol–water partition coefficient (Wildman–Crippen LogP) is 1.28. The SMILES string of the molecule is CC1(c2ccc(C(=O)NCCC3CCCNC3)cc2)NC(=O)NC1=O.Cl. The second-order valence-corrected chi connectivity index (χ2v) is 6.87. The van der Waals surface area contributed by atoms with Gasteiger partial charge in [-0.3, -0.25) is 14.9 Å². The molecular formula is C18H25ClN4O3. The van der Waals surface area contributed by atoms with Crippen molar-refractivity contribution in [3.05, 3.63) is 35.4 Å². The van der Waals surface area contributed by atoms with Crippen LogP contribution in [0.25, 0.3) is 0 Å². The summed E-state index contributed by atoms with van der Waals surface area (Å²) in [5.41, 5.74) is 0.0830. The highest BCUT2D eigenvalue weighted by molar-refractivity contribution is 6.07. The fraction of sp³-hybridized carbons (Fsp3) is 0.500. The number of hydrogen-bond donors (Lipinski definition) is 4. The van der Waals surface area contributed by atoms with Crippen molar-refractivity contribution in [2.45, 2.75) is 31.7 Å². The standard InChI is InChI=1S/C18H24N4O3.ClH/c1-18(16(24)21-17(25)22-18)14-6-4-13(5-7-14)15(23)20-10-8-12-3-2-9-19-11-12;/h4-7,12,19H,2-3,8-11H2,1H3,(H,20,23)(H2,21,22,24,25);1H. The monoisotopic (exact) mass is 380 g/mol. The number of urea groups is 1. The summed E-state index contributed by atoms with van der Waals surface area (Å²) in [6.45, 7) is 4.41. The zero-order valence-corrected chi connectivity index (χ0v) is 15.6. The van der Waals surface area contributed by atoms with Gasteiger partial charge in [0.2, 0.25) is 0 Å². The molecule has 2 fully saturated rings. The van der Waals surface area contributed by atoms with E-state index in [0.717, 1.165) is 19.5 Å². The zero-order valence-electron chi connectivity index (χ0n) is 14.8. The molecule has 0 radical (unpaired) electrons. The molecular weight excluding hydrogens is 356 g/mol. The minimum absolute atomic E-state index is 0. The maximum absolute atomic E-state index is 12.2. The third-order valence-corrected chi connectivity index (χ3v) is 5.01. The number of rotatable bonds is 5. The Morgan fingerprint density at radius 1 is 1.27 bits per heavy atom. The van der Waals surface area contributed by atoms with Gasteiger partial charge in [-0.15, -0.1) is 12.4 Å². The number of carbonyl (C=O) groups excluding carboxylic acids is 3. The van der Waals surface area contributed by atoms with Crippen molar-refractivity contribution < 1.29 is 14.4 Å². The first-order valence-electron chi connectivity index (χ1n) is 8.72. The van der Waals surface area contributed by atoms with Gasteiger partial charge in [-0.05, 0) is 62.9 Å². The molecule has 4 N–H and O–H groups in total. The maximum atomic E-state index is 12.2. The summed E-state index contributed by atoms with van der Waals surface area (Å²) in [6, 6.07) is 6.24. The second kappa shape index (κ2) is 8.51. The van der Waals surface area contributed by atoms with E-state index in [1.54, 1.807) is 31.2 Å². The number of amides is 4. The van der Waals surface area contributed by atoms with Gasteiger partial charge in [-0.2, -0.15) is 0 Å². The first kappa shape index (κ1) is 20.2. The van der Waals surface area contributed by atoms with Gasteiger partial charge in [0.15, 0.2) is 0 Å². The highest BCUT2D eigenvalue weighted by Crippen LogP contribution is 2.24. The van der Waals surface area contributed by atoms with Crippen molar-refractivity contribution in [3.63, 3.8) is 0 Å². The van der Waals surface area contributed by atoms with E-state index in [2.05, 4.69) is 21.3 Å². The van der Waals surface area contributed by atoms with E-state index in [9.17, 15) is 14.4 Å². The molecule has 1 aromatic carbocycles. The highest BCUT2D eigenvalue weighted by Gasteiger charge is 2.43. The van der Waals surface area contributed by atoms with E-state index in [-0.39, 0.29) is 18.3 Å². The number of piperidine rings is 1. The van der Waals surface area contributed by atoms with Crippen molar-refractivity contribution in [1.29, 1.82) is 0 Å². The number of benzene rings is 1. The predicted molar refractivity (Wildman–Crippen MR) is 100 cm³/mol. The van der Waals surface area contributed by atoms with Crippen LogP contribution in [-0.4, -0.2) is 37.5 Å². The van der Waals surface area contributed by atoms with Crippen LogP contribution in [0.5, 0.6) is 0 Å². The van der Waals surface area contributed by atoms with Gasteiger partial charge in [-0.1, -0.05) is 12.1 Å². The van der Waals surface area contributed by atoms with Crippen LogP contribution in [0.1, 0.15) is 42.1 Å². The summed E-state index contributed by atoms with van der Waals surface area (Å²) in [6.07, 6.45) is 3.38. The molecule has 3 rings (SSSR count). The van der Waals surface area contributed by atoms with Crippen molar-refractivity contribution in [1.82, 2.24) is 21.3 Å². The van der Waals surface area contributed by atoms with Crippen LogP contribution < -0.4 is 21.3 Å². The minimum atomic E-state index is -1.10. The van der Waals surface area contributed by atoms with Crippen molar-refractivity contribution in [3.8, 4) is 0 Å². The molecule has 7 nitrogen and oxygen atoms in total. The Morgan fingerprint density at radius 2 is 2.00 bits per heavy atom. The first-order chi connectivity index (χ1) is 12.0. The van der Waals surface area contributed by atoms with Gasteiger partial charge < -0.3 is 16.0 Å². The highest BCUT2D eigenvalue weighted by atomic mass is 35.5. The molecule has 0 aromatic heterocycles. The fourth-order valence-corrected chi connectivity index (χ4v) is 3.36. The summed E-state index contributed by atoms with van der Waals surface area (Å²) in [5.74, 6) is 0.108. The second-order valence-electron chi connectivity index (χ2n) is 6.87. The molecule has 4 amide bonds. The summed E-state index contributed by atoms with van der Waals surface area (Å²) in [5, 5.41) is 11.2. The average molecular weight is 381 g/mol. The van der Waals surface area contributed by atoms with Gasteiger partial charge in [0, 0.05) is 12.1 Å². The number of nitrogens with one attached hydrogen (secondary N) is 4. The molecule has 2 aliphatic rings. The molecule has 0 aliphatic carbocycles. The Labute approximate surface area is 159 Å². The summed E-state index contributed by atoms with van der Waals surface area (Å²) in [7, 11) is 0.